The number of carbonyl (C=O) groups excluding carboxylic acids is 2. The summed E-state index contributed by atoms with van der Waals surface area (Å²) in [5, 5.41) is 9.53. The van der Waals surface area contributed by atoms with Gasteiger partial charge in [0.2, 0.25) is 0 Å². The van der Waals surface area contributed by atoms with E-state index < -0.39 is 6.10 Å². The van der Waals surface area contributed by atoms with Gasteiger partial charge < -0.3 is 14.6 Å². The maximum atomic E-state index is 12.1. The molecule has 0 aliphatic rings. The molecule has 0 aliphatic carbocycles. The van der Waals surface area contributed by atoms with Gasteiger partial charge in [0.25, 0.3) is 0 Å². The van der Waals surface area contributed by atoms with Crippen molar-refractivity contribution in [3.63, 3.8) is 0 Å². The van der Waals surface area contributed by atoms with E-state index in [1.165, 1.54) is 96.3 Å². The smallest absolute Gasteiger partial charge is 0.306 e. The predicted octanol–water partition coefficient (Wildman–Crippen LogP) is 11.3. The number of ether oxygens (including phenoxy) is 2. The van der Waals surface area contributed by atoms with Gasteiger partial charge in [0.1, 0.15) is 6.61 Å². The van der Waals surface area contributed by atoms with Gasteiger partial charge >= 0.3 is 11.9 Å². The molecule has 1 N–H and O–H groups in total. The van der Waals surface area contributed by atoms with Crippen molar-refractivity contribution in [1.82, 2.24) is 0 Å². The maximum Gasteiger partial charge on any atom is 0.306 e. The number of aliphatic hydroxyl groups is 1. The number of allylic oxidation sites excluding steroid dienone is 6. The van der Waals surface area contributed by atoms with Gasteiger partial charge in [-0.2, -0.15) is 0 Å². The van der Waals surface area contributed by atoms with Crippen LogP contribution in [0.5, 0.6) is 0 Å². The summed E-state index contributed by atoms with van der Waals surface area (Å²) in [7, 11) is 0. The Morgan fingerprint density at radius 2 is 0.909 bits per heavy atom. The molecule has 0 rings (SSSR count). The lowest BCUT2D eigenvalue weighted by Gasteiger charge is -2.15. The monoisotopic (exact) mass is 619 g/mol. The summed E-state index contributed by atoms with van der Waals surface area (Å²) in [5.74, 6) is -0.610. The molecule has 0 heterocycles. The fourth-order valence-electron chi connectivity index (χ4n) is 5.05. The molecule has 0 bridgehead atoms. The van der Waals surface area contributed by atoms with Gasteiger partial charge in [0, 0.05) is 12.8 Å². The molecular formula is C39H70O5. The Morgan fingerprint density at radius 3 is 1.41 bits per heavy atom. The first-order chi connectivity index (χ1) is 21.6. The summed E-state index contributed by atoms with van der Waals surface area (Å²) in [6.07, 6.45) is 41.9. The first-order valence-corrected chi connectivity index (χ1v) is 18.5. The van der Waals surface area contributed by atoms with E-state index in [2.05, 4.69) is 50.3 Å². The van der Waals surface area contributed by atoms with E-state index in [1.807, 2.05) is 0 Å². The molecule has 0 aromatic heterocycles. The molecule has 0 saturated heterocycles. The van der Waals surface area contributed by atoms with Crippen LogP contribution in [0.1, 0.15) is 181 Å². The molecule has 5 heteroatoms. The first-order valence-electron chi connectivity index (χ1n) is 18.5. The molecule has 0 aromatic carbocycles. The van der Waals surface area contributed by atoms with E-state index in [0.717, 1.165) is 57.8 Å². The number of rotatable bonds is 33. The number of hydrogen-bond acceptors (Lipinski definition) is 5. The van der Waals surface area contributed by atoms with Gasteiger partial charge in [-0.05, 0) is 70.6 Å². The fraction of sp³-hybridized carbons (Fsp3) is 0.795. The van der Waals surface area contributed by atoms with E-state index >= 15 is 0 Å². The molecule has 0 aromatic rings. The molecule has 0 spiro atoms. The third-order valence-corrected chi connectivity index (χ3v) is 7.91. The summed E-state index contributed by atoms with van der Waals surface area (Å²) in [5.41, 5.74) is 0. The van der Waals surface area contributed by atoms with Gasteiger partial charge in [-0.1, -0.05) is 134 Å². The largest absolute Gasteiger partial charge is 0.462 e. The van der Waals surface area contributed by atoms with Crippen molar-refractivity contribution in [2.45, 2.75) is 187 Å². The van der Waals surface area contributed by atoms with Crippen molar-refractivity contribution in [3.05, 3.63) is 36.5 Å². The topological polar surface area (TPSA) is 72.8 Å². The van der Waals surface area contributed by atoms with E-state index in [4.69, 9.17) is 9.47 Å². The Kier molecular flexibility index (Phi) is 34.1. The van der Waals surface area contributed by atoms with Crippen LogP contribution in [0.25, 0.3) is 0 Å². The van der Waals surface area contributed by atoms with Crippen LogP contribution in [0.4, 0.5) is 0 Å². The predicted molar refractivity (Wildman–Crippen MR) is 187 cm³/mol. The highest BCUT2D eigenvalue weighted by Gasteiger charge is 2.16. The van der Waals surface area contributed by atoms with Crippen LogP contribution in [0.15, 0.2) is 36.5 Å². The third-order valence-electron chi connectivity index (χ3n) is 7.91. The Hall–Kier alpha value is -1.88. The second-order valence-electron chi connectivity index (χ2n) is 12.3. The van der Waals surface area contributed by atoms with E-state index in [1.54, 1.807) is 0 Å². The van der Waals surface area contributed by atoms with Gasteiger partial charge in [-0.3, -0.25) is 9.59 Å². The second-order valence-corrected chi connectivity index (χ2v) is 12.3. The van der Waals surface area contributed by atoms with Crippen LogP contribution in [-0.2, 0) is 19.1 Å². The molecule has 5 nitrogen and oxygen atoms in total. The van der Waals surface area contributed by atoms with Crippen molar-refractivity contribution in [2.24, 2.45) is 0 Å². The standard InChI is InChI=1S/C39H70O5/c1-3-5-7-9-11-13-15-17-18-19-20-22-24-26-28-30-32-34-39(42)44-37(35-40)36-43-38(41)33-31-29-27-25-23-21-16-14-12-10-8-6-4-2/h11,13-14,16-18,37,40H,3-10,12,15,19-36H2,1-2H3/t37-/m0/s1. The molecule has 1 atom stereocenters. The normalized spacial score (nSPS) is 12.5. The summed E-state index contributed by atoms with van der Waals surface area (Å²) in [4.78, 5) is 24.2. The van der Waals surface area contributed by atoms with E-state index in [9.17, 15) is 14.7 Å². The lowest BCUT2D eigenvalue weighted by atomic mass is 10.1. The maximum absolute atomic E-state index is 12.1. The van der Waals surface area contributed by atoms with Crippen LogP contribution < -0.4 is 0 Å². The summed E-state index contributed by atoms with van der Waals surface area (Å²) < 4.78 is 10.6. The highest BCUT2D eigenvalue weighted by Crippen LogP contribution is 2.12. The van der Waals surface area contributed by atoms with Crippen molar-refractivity contribution >= 4 is 11.9 Å². The molecule has 0 amide bonds. The number of aliphatic hydroxyl groups excluding tert-OH is 1. The average molecular weight is 619 g/mol. The lowest BCUT2D eigenvalue weighted by molar-refractivity contribution is -0.161. The zero-order chi connectivity index (χ0) is 32.2. The minimum atomic E-state index is -0.776. The fourth-order valence-corrected chi connectivity index (χ4v) is 5.05. The van der Waals surface area contributed by atoms with Crippen molar-refractivity contribution < 1.29 is 24.2 Å². The summed E-state index contributed by atoms with van der Waals surface area (Å²) >= 11 is 0. The van der Waals surface area contributed by atoms with Crippen LogP contribution in [0.2, 0.25) is 0 Å². The number of esters is 2. The van der Waals surface area contributed by atoms with Gasteiger partial charge in [0.05, 0.1) is 6.61 Å². The minimum Gasteiger partial charge on any atom is -0.462 e. The second kappa shape index (κ2) is 35.6. The van der Waals surface area contributed by atoms with Crippen molar-refractivity contribution in [2.75, 3.05) is 13.2 Å². The molecule has 44 heavy (non-hydrogen) atoms. The Morgan fingerprint density at radius 1 is 0.523 bits per heavy atom. The van der Waals surface area contributed by atoms with Crippen molar-refractivity contribution in [1.29, 1.82) is 0 Å². The van der Waals surface area contributed by atoms with Crippen LogP contribution in [-0.4, -0.2) is 36.4 Å². The molecule has 0 fully saturated rings. The average Bonchev–Trinajstić information content (AvgIpc) is 3.02. The van der Waals surface area contributed by atoms with Gasteiger partial charge in [-0.15, -0.1) is 0 Å². The Balaban J connectivity index is 3.59. The molecule has 256 valence electrons. The molecule has 0 aliphatic heterocycles. The van der Waals surface area contributed by atoms with Gasteiger partial charge in [-0.25, -0.2) is 0 Å². The first kappa shape index (κ1) is 42.1. The Bertz CT molecular complexity index is 711. The SMILES string of the molecule is CCCCCC=CCC=CCCCCCCCCCC(=O)O[C@@H](CO)COC(=O)CCCCCCCC=CCCCCCC. The van der Waals surface area contributed by atoms with Crippen LogP contribution in [0.3, 0.4) is 0 Å². The number of carbonyl (C=O) groups is 2. The zero-order valence-electron chi connectivity index (χ0n) is 28.9. The minimum absolute atomic E-state index is 0.0726. The quantitative estimate of drug-likeness (QED) is 0.0450. The summed E-state index contributed by atoms with van der Waals surface area (Å²) in [6.45, 7) is 4.07. The van der Waals surface area contributed by atoms with Crippen LogP contribution >= 0.6 is 0 Å². The van der Waals surface area contributed by atoms with Crippen LogP contribution in [0, 0.1) is 0 Å². The van der Waals surface area contributed by atoms with E-state index in [0.29, 0.717) is 12.8 Å². The summed E-state index contributed by atoms with van der Waals surface area (Å²) in [6, 6.07) is 0. The Labute approximate surface area is 272 Å². The highest BCUT2D eigenvalue weighted by atomic mass is 16.6. The lowest BCUT2D eigenvalue weighted by Crippen LogP contribution is -2.28. The molecule has 0 unspecified atom stereocenters. The number of unbranched alkanes of at least 4 members (excludes halogenated alkanes) is 19. The van der Waals surface area contributed by atoms with Gasteiger partial charge in [0.15, 0.2) is 6.10 Å². The number of hydrogen-bond donors (Lipinski definition) is 1. The molecule has 0 radical (unpaired) electrons. The highest BCUT2D eigenvalue weighted by molar-refractivity contribution is 5.70. The van der Waals surface area contributed by atoms with Crippen molar-refractivity contribution in [3.8, 4) is 0 Å². The van der Waals surface area contributed by atoms with E-state index in [-0.39, 0.29) is 25.2 Å². The molecular weight excluding hydrogens is 548 g/mol. The molecule has 0 saturated carbocycles. The zero-order valence-corrected chi connectivity index (χ0v) is 28.9. The third kappa shape index (κ3) is 33.0.